The number of rotatable bonds is 0. The molecule has 0 aliphatic carbocycles. The van der Waals surface area contributed by atoms with Crippen molar-refractivity contribution < 1.29 is 4.79 Å². The molecular formula is C3H4Br3NO. The van der Waals surface area contributed by atoms with Crippen molar-refractivity contribution in [2.45, 2.75) is 2.14 Å². The smallest absolute Gasteiger partial charge is 0.258 e. The summed E-state index contributed by atoms with van der Waals surface area (Å²) in [5.41, 5.74) is 0. The van der Waals surface area contributed by atoms with E-state index in [0.717, 1.165) is 0 Å². The van der Waals surface area contributed by atoms with Crippen molar-refractivity contribution in [3.05, 3.63) is 0 Å². The van der Waals surface area contributed by atoms with E-state index in [0.29, 0.717) is 0 Å². The second-order valence-corrected chi connectivity index (χ2v) is 7.84. The standard InChI is InChI=1S/C3H4Br3NO/c1-7-2(8)3(4,5)6/h1H3,(H,7,8). The van der Waals surface area contributed by atoms with Crippen LogP contribution in [0.25, 0.3) is 0 Å². The molecule has 0 aliphatic rings. The molecule has 0 aliphatic heterocycles. The molecule has 0 spiro atoms. The van der Waals surface area contributed by atoms with Crippen molar-refractivity contribution in [2.24, 2.45) is 0 Å². The van der Waals surface area contributed by atoms with E-state index in [-0.39, 0.29) is 5.91 Å². The number of amides is 1. The van der Waals surface area contributed by atoms with Crippen LogP contribution in [-0.4, -0.2) is 15.1 Å². The molecule has 2 nitrogen and oxygen atoms in total. The van der Waals surface area contributed by atoms with E-state index in [9.17, 15) is 4.79 Å². The van der Waals surface area contributed by atoms with Gasteiger partial charge in [-0.2, -0.15) is 0 Å². The Morgan fingerprint density at radius 3 is 1.88 bits per heavy atom. The zero-order valence-electron chi connectivity index (χ0n) is 4.04. The van der Waals surface area contributed by atoms with Gasteiger partial charge in [-0.1, -0.05) is 0 Å². The highest BCUT2D eigenvalue weighted by Gasteiger charge is 2.26. The van der Waals surface area contributed by atoms with Gasteiger partial charge in [-0.15, -0.1) is 0 Å². The predicted octanol–water partition coefficient (Wildman–Crippen LogP) is 1.57. The first-order valence-electron chi connectivity index (χ1n) is 1.77. The Kier molecular flexibility index (Phi) is 3.53. The number of hydrogen-bond acceptors (Lipinski definition) is 1. The van der Waals surface area contributed by atoms with Gasteiger partial charge < -0.3 is 5.32 Å². The van der Waals surface area contributed by atoms with Crippen LogP contribution in [0.1, 0.15) is 0 Å². The minimum atomic E-state index is -0.804. The molecule has 0 aromatic carbocycles. The molecule has 5 heteroatoms. The molecule has 0 aromatic rings. The zero-order valence-corrected chi connectivity index (χ0v) is 8.80. The highest BCUT2D eigenvalue weighted by Crippen LogP contribution is 2.32. The van der Waals surface area contributed by atoms with Crippen LogP contribution in [0, 0.1) is 0 Å². The third-order valence-corrected chi connectivity index (χ3v) is 1.56. The van der Waals surface area contributed by atoms with Crippen molar-refractivity contribution >= 4 is 53.7 Å². The maximum atomic E-state index is 10.6. The van der Waals surface area contributed by atoms with Crippen LogP contribution in [0.5, 0.6) is 0 Å². The molecule has 0 atom stereocenters. The van der Waals surface area contributed by atoms with Gasteiger partial charge in [-0.25, -0.2) is 0 Å². The second-order valence-electron chi connectivity index (χ2n) is 1.08. The fraction of sp³-hybridized carbons (Fsp3) is 0.667. The molecule has 0 aromatic heterocycles. The SMILES string of the molecule is CNC(=O)C(Br)(Br)Br. The van der Waals surface area contributed by atoms with Crippen LogP contribution in [-0.2, 0) is 4.79 Å². The van der Waals surface area contributed by atoms with Gasteiger partial charge in [0, 0.05) is 7.05 Å². The van der Waals surface area contributed by atoms with Crippen molar-refractivity contribution in [2.75, 3.05) is 7.05 Å². The fourth-order valence-corrected chi connectivity index (χ4v) is 0.736. The van der Waals surface area contributed by atoms with Crippen LogP contribution >= 0.6 is 47.8 Å². The molecule has 0 fully saturated rings. The van der Waals surface area contributed by atoms with E-state index >= 15 is 0 Å². The number of carbonyl (C=O) groups is 1. The first-order valence-corrected chi connectivity index (χ1v) is 4.15. The highest BCUT2D eigenvalue weighted by atomic mass is 80.0. The van der Waals surface area contributed by atoms with E-state index in [4.69, 9.17) is 0 Å². The van der Waals surface area contributed by atoms with E-state index in [1.165, 1.54) is 0 Å². The number of hydrogen-bond donors (Lipinski definition) is 1. The Morgan fingerprint density at radius 2 is 1.88 bits per heavy atom. The average Bonchev–Trinajstić information content (AvgIpc) is 1.62. The summed E-state index contributed by atoms with van der Waals surface area (Å²) in [6, 6.07) is 0. The van der Waals surface area contributed by atoms with Gasteiger partial charge in [0.2, 0.25) is 2.14 Å². The van der Waals surface area contributed by atoms with Crippen LogP contribution in [0.2, 0.25) is 0 Å². The van der Waals surface area contributed by atoms with Crippen LogP contribution in [0.4, 0.5) is 0 Å². The largest absolute Gasteiger partial charge is 0.356 e. The summed E-state index contributed by atoms with van der Waals surface area (Å²) in [7, 11) is 1.56. The number of nitrogens with one attached hydrogen (secondary N) is 1. The van der Waals surface area contributed by atoms with Crippen molar-refractivity contribution in [1.82, 2.24) is 5.32 Å². The van der Waals surface area contributed by atoms with Crippen molar-refractivity contribution in [3.63, 3.8) is 0 Å². The fourth-order valence-electron chi connectivity index (χ4n) is 0.142. The van der Waals surface area contributed by atoms with Crippen molar-refractivity contribution in [1.29, 1.82) is 0 Å². The first-order chi connectivity index (χ1) is 3.48. The van der Waals surface area contributed by atoms with E-state index < -0.39 is 2.14 Å². The van der Waals surface area contributed by atoms with Gasteiger partial charge in [-0.3, -0.25) is 4.79 Å². The summed E-state index contributed by atoms with van der Waals surface area (Å²) in [5, 5.41) is 2.43. The molecule has 0 saturated carbocycles. The molecule has 1 amide bonds. The summed E-state index contributed by atoms with van der Waals surface area (Å²) < 4.78 is -0.804. The summed E-state index contributed by atoms with van der Waals surface area (Å²) in [6.45, 7) is 0. The van der Waals surface area contributed by atoms with Gasteiger partial charge in [0.15, 0.2) is 0 Å². The molecule has 0 bridgehead atoms. The molecule has 0 heterocycles. The monoisotopic (exact) mass is 307 g/mol. The maximum Gasteiger partial charge on any atom is 0.258 e. The number of alkyl halides is 3. The molecule has 48 valence electrons. The summed E-state index contributed by atoms with van der Waals surface area (Å²) >= 11 is 9.08. The molecule has 0 rings (SSSR count). The molecule has 0 unspecified atom stereocenters. The second kappa shape index (κ2) is 3.17. The number of carbonyl (C=O) groups excluding carboxylic acids is 1. The normalized spacial score (nSPS) is 11.0. The average molecular weight is 310 g/mol. The molecule has 0 radical (unpaired) electrons. The molecule has 0 saturated heterocycles. The topological polar surface area (TPSA) is 29.1 Å². The Morgan fingerprint density at radius 1 is 1.50 bits per heavy atom. The Labute approximate surface area is 72.8 Å². The Balaban J connectivity index is 3.82. The van der Waals surface area contributed by atoms with Gasteiger partial charge in [0.25, 0.3) is 5.91 Å². The van der Waals surface area contributed by atoms with Gasteiger partial charge in [0.1, 0.15) is 0 Å². The van der Waals surface area contributed by atoms with E-state index in [2.05, 4.69) is 53.1 Å². The predicted molar refractivity (Wildman–Crippen MR) is 43.6 cm³/mol. The third kappa shape index (κ3) is 3.04. The summed E-state index contributed by atoms with van der Waals surface area (Å²) in [4.78, 5) is 10.6. The van der Waals surface area contributed by atoms with E-state index in [1.807, 2.05) is 0 Å². The first kappa shape index (κ1) is 8.91. The Bertz CT molecular complexity index is 97.2. The number of halogens is 3. The summed E-state index contributed by atoms with van der Waals surface area (Å²) in [5.74, 6) is -0.169. The third-order valence-electron chi connectivity index (χ3n) is 0.485. The highest BCUT2D eigenvalue weighted by molar-refractivity contribution is 9.40. The summed E-state index contributed by atoms with van der Waals surface area (Å²) in [6.07, 6.45) is 0. The van der Waals surface area contributed by atoms with Gasteiger partial charge >= 0.3 is 0 Å². The molecular weight excluding hydrogens is 306 g/mol. The Hall–Kier alpha value is 0.910. The maximum absolute atomic E-state index is 10.6. The lowest BCUT2D eigenvalue weighted by molar-refractivity contribution is -0.118. The minimum absolute atomic E-state index is 0.169. The lowest BCUT2D eigenvalue weighted by atomic mass is 10.7. The lowest BCUT2D eigenvalue weighted by Gasteiger charge is -2.07. The van der Waals surface area contributed by atoms with Crippen LogP contribution in [0.15, 0.2) is 0 Å². The molecule has 1 N–H and O–H groups in total. The van der Waals surface area contributed by atoms with Crippen molar-refractivity contribution in [3.8, 4) is 0 Å². The van der Waals surface area contributed by atoms with Gasteiger partial charge in [0.05, 0.1) is 0 Å². The lowest BCUT2D eigenvalue weighted by Crippen LogP contribution is -2.29. The van der Waals surface area contributed by atoms with Gasteiger partial charge in [-0.05, 0) is 47.8 Å². The quantitative estimate of drug-likeness (QED) is 0.676. The van der Waals surface area contributed by atoms with E-state index in [1.54, 1.807) is 7.05 Å². The van der Waals surface area contributed by atoms with Crippen LogP contribution < -0.4 is 5.32 Å². The molecule has 8 heavy (non-hydrogen) atoms. The zero-order chi connectivity index (χ0) is 6.78. The minimum Gasteiger partial charge on any atom is -0.356 e. The van der Waals surface area contributed by atoms with Crippen LogP contribution in [0.3, 0.4) is 0 Å².